The van der Waals surface area contributed by atoms with Gasteiger partial charge in [0.05, 0.1) is 7.11 Å². The molecule has 0 amide bonds. The predicted octanol–water partition coefficient (Wildman–Crippen LogP) is 2.78. The normalized spacial score (nSPS) is 10.5. The standard InChI is InChI=1S/C15H17ClN2O2/c1-20-14-8-13(16)7-12(15(14)19)10-18-6-4-11-3-2-5-17-9-11/h2-3,5,7-9,18-19H,4,6,10H2,1H3. The number of hydrogen-bond donors (Lipinski definition) is 2. The second kappa shape index (κ2) is 7.12. The molecule has 0 spiro atoms. The summed E-state index contributed by atoms with van der Waals surface area (Å²) in [5.41, 5.74) is 1.90. The molecule has 0 saturated carbocycles. The molecule has 0 fully saturated rings. The van der Waals surface area contributed by atoms with Crippen molar-refractivity contribution in [3.05, 3.63) is 52.8 Å². The molecule has 0 atom stereocenters. The Morgan fingerprint density at radius 1 is 1.40 bits per heavy atom. The predicted molar refractivity (Wildman–Crippen MR) is 79.3 cm³/mol. The first-order valence-electron chi connectivity index (χ1n) is 6.35. The van der Waals surface area contributed by atoms with Gasteiger partial charge in [-0.3, -0.25) is 4.98 Å². The Kier molecular flexibility index (Phi) is 5.21. The average molecular weight is 293 g/mol. The number of pyridine rings is 1. The van der Waals surface area contributed by atoms with Crippen molar-refractivity contribution in [3.63, 3.8) is 0 Å². The van der Waals surface area contributed by atoms with Gasteiger partial charge in [-0.25, -0.2) is 0 Å². The van der Waals surface area contributed by atoms with Gasteiger partial charge in [-0.15, -0.1) is 0 Å². The van der Waals surface area contributed by atoms with Crippen LogP contribution < -0.4 is 10.1 Å². The monoisotopic (exact) mass is 292 g/mol. The van der Waals surface area contributed by atoms with Crippen LogP contribution in [0.5, 0.6) is 11.5 Å². The van der Waals surface area contributed by atoms with E-state index in [1.165, 1.54) is 12.7 Å². The summed E-state index contributed by atoms with van der Waals surface area (Å²) >= 11 is 5.98. The van der Waals surface area contributed by atoms with Crippen LogP contribution in [0.1, 0.15) is 11.1 Å². The van der Waals surface area contributed by atoms with E-state index in [0.717, 1.165) is 18.5 Å². The Balaban J connectivity index is 1.90. The number of benzene rings is 1. The molecule has 2 aromatic rings. The van der Waals surface area contributed by atoms with Gasteiger partial charge >= 0.3 is 0 Å². The van der Waals surface area contributed by atoms with Crippen LogP contribution in [0.2, 0.25) is 5.02 Å². The summed E-state index contributed by atoms with van der Waals surface area (Å²) in [6, 6.07) is 7.28. The van der Waals surface area contributed by atoms with Crippen LogP contribution in [-0.2, 0) is 13.0 Å². The van der Waals surface area contributed by atoms with Gasteiger partial charge in [0.25, 0.3) is 0 Å². The number of nitrogens with one attached hydrogen (secondary N) is 1. The Hall–Kier alpha value is -1.78. The Morgan fingerprint density at radius 3 is 2.95 bits per heavy atom. The van der Waals surface area contributed by atoms with Crippen molar-refractivity contribution in [2.45, 2.75) is 13.0 Å². The second-order valence-electron chi connectivity index (χ2n) is 4.40. The molecule has 0 saturated heterocycles. The maximum atomic E-state index is 10.00. The summed E-state index contributed by atoms with van der Waals surface area (Å²) in [7, 11) is 1.50. The van der Waals surface area contributed by atoms with E-state index in [0.29, 0.717) is 17.3 Å². The van der Waals surface area contributed by atoms with Crippen LogP contribution in [0.25, 0.3) is 0 Å². The van der Waals surface area contributed by atoms with Crippen LogP contribution in [0.4, 0.5) is 0 Å². The summed E-state index contributed by atoms with van der Waals surface area (Å²) in [5, 5.41) is 13.8. The van der Waals surface area contributed by atoms with Crippen molar-refractivity contribution in [2.75, 3.05) is 13.7 Å². The van der Waals surface area contributed by atoms with Gasteiger partial charge in [-0.1, -0.05) is 17.7 Å². The third-order valence-electron chi connectivity index (χ3n) is 2.97. The summed E-state index contributed by atoms with van der Waals surface area (Å²) < 4.78 is 5.07. The topological polar surface area (TPSA) is 54.4 Å². The van der Waals surface area contributed by atoms with Crippen LogP contribution >= 0.6 is 11.6 Å². The molecule has 2 rings (SSSR count). The zero-order valence-corrected chi connectivity index (χ0v) is 12.0. The molecule has 0 unspecified atom stereocenters. The SMILES string of the molecule is COc1cc(Cl)cc(CNCCc2cccnc2)c1O. The van der Waals surface area contributed by atoms with Crippen molar-refractivity contribution in [3.8, 4) is 11.5 Å². The zero-order valence-electron chi connectivity index (χ0n) is 11.3. The molecule has 20 heavy (non-hydrogen) atoms. The van der Waals surface area contributed by atoms with E-state index in [-0.39, 0.29) is 5.75 Å². The first-order chi connectivity index (χ1) is 9.70. The Morgan fingerprint density at radius 2 is 2.25 bits per heavy atom. The summed E-state index contributed by atoms with van der Waals surface area (Å²) in [5.74, 6) is 0.521. The minimum Gasteiger partial charge on any atom is -0.504 e. The number of nitrogens with zero attached hydrogens (tertiary/aromatic N) is 1. The molecule has 5 heteroatoms. The smallest absolute Gasteiger partial charge is 0.162 e. The van der Waals surface area contributed by atoms with Gasteiger partial charge in [0, 0.05) is 35.6 Å². The quantitative estimate of drug-likeness (QED) is 0.804. The summed E-state index contributed by atoms with van der Waals surface area (Å²) in [6.07, 6.45) is 4.49. The first kappa shape index (κ1) is 14.6. The van der Waals surface area contributed by atoms with Gasteiger partial charge in [0.1, 0.15) is 0 Å². The lowest BCUT2D eigenvalue weighted by Crippen LogP contribution is -2.17. The third-order valence-corrected chi connectivity index (χ3v) is 3.19. The molecule has 1 aromatic heterocycles. The van der Waals surface area contributed by atoms with E-state index in [1.54, 1.807) is 18.3 Å². The largest absolute Gasteiger partial charge is 0.504 e. The number of ether oxygens (including phenoxy) is 1. The van der Waals surface area contributed by atoms with E-state index in [2.05, 4.69) is 10.3 Å². The average Bonchev–Trinajstić information content (AvgIpc) is 2.47. The lowest BCUT2D eigenvalue weighted by molar-refractivity contribution is 0.369. The van der Waals surface area contributed by atoms with E-state index >= 15 is 0 Å². The van der Waals surface area contributed by atoms with E-state index in [9.17, 15) is 5.11 Å². The van der Waals surface area contributed by atoms with Gasteiger partial charge in [0.15, 0.2) is 11.5 Å². The molecule has 106 valence electrons. The van der Waals surface area contributed by atoms with Crippen molar-refractivity contribution in [2.24, 2.45) is 0 Å². The van der Waals surface area contributed by atoms with Crippen LogP contribution in [0.15, 0.2) is 36.7 Å². The molecule has 0 aliphatic heterocycles. The number of hydrogen-bond acceptors (Lipinski definition) is 4. The lowest BCUT2D eigenvalue weighted by Gasteiger charge is -2.11. The maximum Gasteiger partial charge on any atom is 0.162 e. The highest BCUT2D eigenvalue weighted by atomic mass is 35.5. The Bertz CT molecular complexity index is 561. The molecular weight excluding hydrogens is 276 g/mol. The van der Waals surface area contributed by atoms with Crippen molar-refractivity contribution < 1.29 is 9.84 Å². The fourth-order valence-electron chi connectivity index (χ4n) is 1.92. The molecule has 1 heterocycles. The minimum absolute atomic E-state index is 0.130. The highest BCUT2D eigenvalue weighted by molar-refractivity contribution is 6.30. The van der Waals surface area contributed by atoms with Crippen LogP contribution in [0, 0.1) is 0 Å². The minimum atomic E-state index is 0.130. The maximum absolute atomic E-state index is 10.00. The molecule has 4 nitrogen and oxygen atoms in total. The molecular formula is C15H17ClN2O2. The molecule has 1 aromatic carbocycles. The van der Waals surface area contributed by atoms with Gasteiger partial charge in [0.2, 0.25) is 0 Å². The molecule has 0 radical (unpaired) electrons. The highest BCUT2D eigenvalue weighted by Crippen LogP contribution is 2.33. The highest BCUT2D eigenvalue weighted by Gasteiger charge is 2.09. The fourth-order valence-corrected chi connectivity index (χ4v) is 2.15. The summed E-state index contributed by atoms with van der Waals surface area (Å²) in [4.78, 5) is 4.07. The third kappa shape index (κ3) is 3.85. The van der Waals surface area contributed by atoms with Gasteiger partial charge < -0.3 is 15.2 Å². The number of methoxy groups -OCH3 is 1. The number of aromatic hydroxyl groups is 1. The number of phenols is 1. The van der Waals surface area contributed by atoms with E-state index in [1.807, 2.05) is 18.3 Å². The van der Waals surface area contributed by atoms with E-state index < -0.39 is 0 Å². The first-order valence-corrected chi connectivity index (χ1v) is 6.73. The van der Waals surface area contributed by atoms with Crippen molar-refractivity contribution in [1.29, 1.82) is 0 Å². The number of rotatable bonds is 6. The van der Waals surface area contributed by atoms with E-state index in [4.69, 9.17) is 16.3 Å². The molecule has 0 aliphatic carbocycles. The van der Waals surface area contributed by atoms with Crippen molar-refractivity contribution >= 4 is 11.6 Å². The summed E-state index contributed by atoms with van der Waals surface area (Å²) in [6.45, 7) is 1.32. The number of phenolic OH excluding ortho intramolecular Hbond substituents is 1. The fraction of sp³-hybridized carbons (Fsp3) is 0.267. The van der Waals surface area contributed by atoms with Crippen LogP contribution in [-0.4, -0.2) is 23.7 Å². The van der Waals surface area contributed by atoms with Crippen LogP contribution in [0.3, 0.4) is 0 Å². The van der Waals surface area contributed by atoms with Gasteiger partial charge in [-0.05, 0) is 30.7 Å². The Labute approximate surface area is 123 Å². The van der Waals surface area contributed by atoms with Crippen molar-refractivity contribution in [1.82, 2.24) is 10.3 Å². The lowest BCUT2D eigenvalue weighted by atomic mass is 10.1. The molecule has 2 N–H and O–H groups in total. The van der Waals surface area contributed by atoms with Gasteiger partial charge in [-0.2, -0.15) is 0 Å². The second-order valence-corrected chi connectivity index (χ2v) is 4.84. The molecule has 0 bridgehead atoms. The number of aromatic nitrogens is 1. The zero-order chi connectivity index (χ0) is 14.4. The number of halogens is 1. The molecule has 0 aliphatic rings.